The molecule has 1 unspecified atom stereocenters. The van der Waals surface area contributed by atoms with E-state index in [-0.39, 0.29) is 36.4 Å². The van der Waals surface area contributed by atoms with Crippen LogP contribution in [-0.4, -0.2) is 45.6 Å². The highest BCUT2D eigenvalue weighted by Crippen LogP contribution is 2.42. The van der Waals surface area contributed by atoms with Crippen molar-refractivity contribution in [1.29, 1.82) is 0 Å². The van der Waals surface area contributed by atoms with Crippen molar-refractivity contribution >= 4 is 35.1 Å². The lowest BCUT2D eigenvalue weighted by molar-refractivity contribution is -0.117. The van der Waals surface area contributed by atoms with Crippen LogP contribution >= 0.6 is 11.6 Å². The second kappa shape index (κ2) is 8.97. The first kappa shape index (κ1) is 22.0. The summed E-state index contributed by atoms with van der Waals surface area (Å²) in [6.45, 7) is 7.33. The van der Waals surface area contributed by atoms with Gasteiger partial charge >= 0.3 is 0 Å². The number of nitrogens with zero attached hydrogens (tertiary/aromatic N) is 3. The Kier molecular flexibility index (Phi) is 6.58. The predicted octanol–water partition coefficient (Wildman–Crippen LogP) is 2.78. The number of benzene rings is 1. The summed E-state index contributed by atoms with van der Waals surface area (Å²) in [6, 6.07) is 4.95. The summed E-state index contributed by atoms with van der Waals surface area (Å²) in [7, 11) is 0. The van der Waals surface area contributed by atoms with Crippen molar-refractivity contribution in [2.24, 2.45) is 5.92 Å². The summed E-state index contributed by atoms with van der Waals surface area (Å²) < 4.78 is 0. The third-order valence-corrected chi connectivity index (χ3v) is 5.58. The van der Waals surface area contributed by atoms with Gasteiger partial charge in [0.1, 0.15) is 0 Å². The molecule has 9 heteroatoms. The number of fused-ring (bicyclic) bond motifs is 1. The smallest absolute Gasteiger partial charge is 0.251 e. The molecule has 0 spiro atoms. The van der Waals surface area contributed by atoms with E-state index in [1.165, 1.54) is 19.3 Å². The van der Waals surface area contributed by atoms with Crippen molar-refractivity contribution in [3.8, 4) is 0 Å². The SMILES string of the molecule is CC(=O)N1c2ccc(C(=O)NCC(C)O)cc2[C@H](Nc2ncc(Cl)cn2)[C@@H](C)[C@@H]1C. The Morgan fingerprint density at radius 2 is 1.93 bits per heavy atom. The van der Waals surface area contributed by atoms with Gasteiger partial charge in [0.25, 0.3) is 5.91 Å². The Morgan fingerprint density at radius 1 is 1.27 bits per heavy atom. The topological polar surface area (TPSA) is 107 Å². The van der Waals surface area contributed by atoms with Crippen LogP contribution in [0.1, 0.15) is 49.7 Å². The van der Waals surface area contributed by atoms with Crippen molar-refractivity contribution < 1.29 is 14.7 Å². The molecule has 2 amide bonds. The van der Waals surface area contributed by atoms with E-state index < -0.39 is 6.10 Å². The maximum atomic E-state index is 12.5. The van der Waals surface area contributed by atoms with Gasteiger partial charge in [0.2, 0.25) is 11.9 Å². The van der Waals surface area contributed by atoms with E-state index >= 15 is 0 Å². The van der Waals surface area contributed by atoms with E-state index in [0.717, 1.165) is 11.3 Å². The third-order valence-electron chi connectivity index (χ3n) is 5.38. The minimum Gasteiger partial charge on any atom is -0.392 e. The molecule has 0 fully saturated rings. The van der Waals surface area contributed by atoms with Crippen LogP contribution in [0, 0.1) is 5.92 Å². The second-order valence-corrected chi connectivity index (χ2v) is 8.10. The molecule has 1 aliphatic rings. The second-order valence-electron chi connectivity index (χ2n) is 7.67. The van der Waals surface area contributed by atoms with Gasteiger partial charge in [0, 0.05) is 36.7 Å². The summed E-state index contributed by atoms with van der Waals surface area (Å²) >= 11 is 5.89. The maximum absolute atomic E-state index is 12.5. The average molecular weight is 432 g/mol. The lowest BCUT2D eigenvalue weighted by Crippen LogP contribution is -2.48. The van der Waals surface area contributed by atoms with Gasteiger partial charge in [-0.15, -0.1) is 0 Å². The summed E-state index contributed by atoms with van der Waals surface area (Å²) in [6.07, 6.45) is 2.38. The lowest BCUT2D eigenvalue weighted by Gasteiger charge is -2.44. The van der Waals surface area contributed by atoms with Crippen LogP contribution in [-0.2, 0) is 4.79 Å². The van der Waals surface area contributed by atoms with Crippen LogP contribution in [0.3, 0.4) is 0 Å². The fraction of sp³-hybridized carbons (Fsp3) is 0.429. The standard InChI is InChI=1S/C21H26ClN5O3/c1-11(28)8-23-20(30)15-5-6-18-17(7-15)19(12(2)13(3)27(18)14(4)29)26-21-24-9-16(22)10-25-21/h5-7,9-13,19,28H,8H2,1-4H3,(H,23,30)(H,24,25,26)/t11?,12-,13-,19+/m0/s1. The van der Waals surface area contributed by atoms with Gasteiger partial charge in [0.15, 0.2) is 0 Å². The van der Waals surface area contributed by atoms with Gasteiger partial charge in [-0.2, -0.15) is 0 Å². The fourth-order valence-electron chi connectivity index (χ4n) is 3.71. The number of rotatable bonds is 5. The van der Waals surface area contributed by atoms with Crippen LogP contribution in [0.25, 0.3) is 0 Å². The van der Waals surface area contributed by atoms with E-state index in [2.05, 4.69) is 20.6 Å². The Bertz CT molecular complexity index is 935. The normalized spacial score (nSPS) is 21.5. The van der Waals surface area contributed by atoms with Gasteiger partial charge in [-0.1, -0.05) is 18.5 Å². The quantitative estimate of drug-likeness (QED) is 0.671. The van der Waals surface area contributed by atoms with E-state index in [1.54, 1.807) is 30.0 Å². The van der Waals surface area contributed by atoms with Gasteiger partial charge in [-0.3, -0.25) is 9.59 Å². The zero-order valence-corrected chi connectivity index (χ0v) is 18.1. The molecule has 30 heavy (non-hydrogen) atoms. The number of aliphatic hydroxyl groups is 1. The number of aromatic nitrogens is 2. The van der Waals surface area contributed by atoms with Gasteiger partial charge in [-0.05, 0) is 37.6 Å². The zero-order chi connectivity index (χ0) is 22.0. The Hall–Kier alpha value is -2.71. The highest BCUT2D eigenvalue weighted by molar-refractivity contribution is 6.30. The first-order chi connectivity index (χ1) is 14.2. The predicted molar refractivity (Wildman–Crippen MR) is 116 cm³/mol. The molecule has 2 aromatic rings. The average Bonchev–Trinajstić information content (AvgIpc) is 2.70. The zero-order valence-electron chi connectivity index (χ0n) is 17.4. The molecular formula is C21H26ClN5O3. The Balaban J connectivity index is 2.02. The monoisotopic (exact) mass is 431 g/mol. The van der Waals surface area contributed by atoms with Gasteiger partial charge < -0.3 is 20.6 Å². The lowest BCUT2D eigenvalue weighted by atomic mass is 9.82. The largest absolute Gasteiger partial charge is 0.392 e. The van der Waals surface area contributed by atoms with Gasteiger partial charge in [-0.25, -0.2) is 9.97 Å². The minimum atomic E-state index is -0.642. The molecule has 1 aromatic heterocycles. The molecule has 0 radical (unpaired) electrons. The molecule has 0 saturated heterocycles. The van der Waals surface area contributed by atoms with Crippen LogP contribution in [0.5, 0.6) is 0 Å². The van der Waals surface area contributed by atoms with E-state index in [0.29, 0.717) is 16.5 Å². The van der Waals surface area contributed by atoms with Crippen LogP contribution in [0.4, 0.5) is 11.6 Å². The number of aliphatic hydroxyl groups excluding tert-OH is 1. The number of carbonyl (C=O) groups excluding carboxylic acids is 2. The number of halogens is 1. The molecule has 1 aliphatic heterocycles. The van der Waals surface area contributed by atoms with E-state index in [1.807, 2.05) is 13.8 Å². The van der Waals surface area contributed by atoms with Crippen LogP contribution in [0.15, 0.2) is 30.6 Å². The summed E-state index contributed by atoms with van der Waals surface area (Å²) in [4.78, 5) is 35.1. The molecule has 0 saturated carbocycles. The molecule has 160 valence electrons. The first-order valence-electron chi connectivity index (χ1n) is 9.83. The molecule has 0 aliphatic carbocycles. The highest BCUT2D eigenvalue weighted by atomic mass is 35.5. The van der Waals surface area contributed by atoms with Crippen molar-refractivity contribution in [3.63, 3.8) is 0 Å². The summed E-state index contributed by atoms with van der Waals surface area (Å²) in [5, 5.41) is 15.9. The van der Waals surface area contributed by atoms with Crippen LogP contribution < -0.4 is 15.5 Å². The van der Waals surface area contributed by atoms with Crippen molar-refractivity contribution in [2.45, 2.75) is 45.9 Å². The highest BCUT2D eigenvalue weighted by Gasteiger charge is 2.38. The van der Waals surface area contributed by atoms with Crippen LogP contribution in [0.2, 0.25) is 5.02 Å². The summed E-state index contributed by atoms with van der Waals surface area (Å²) in [5.41, 5.74) is 1.99. The molecule has 3 N–H and O–H groups in total. The molecular weight excluding hydrogens is 406 g/mol. The molecule has 1 aromatic carbocycles. The minimum absolute atomic E-state index is 0.0106. The van der Waals surface area contributed by atoms with E-state index in [9.17, 15) is 14.7 Å². The Morgan fingerprint density at radius 3 is 2.53 bits per heavy atom. The molecule has 3 rings (SSSR count). The molecule has 4 atom stereocenters. The Labute approximate surface area is 180 Å². The fourth-order valence-corrected chi connectivity index (χ4v) is 3.81. The third kappa shape index (κ3) is 4.55. The number of amides is 2. The van der Waals surface area contributed by atoms with E-state index in [4.69, 9.17) is 11.6 Å². The number of hydrogen-bond acceptors (Lipinski definition) is 6. The molecule has 0 bridgehead atoms. The first-order valence-corrected chi connectivity index (χ1v) is 10.2. The van der Waals surface area contributed by atoms with Crippen molar-refractivity contribution in [2.75, 3.05) is 16.8 Å². The van der Waals surface area contributed by atoms with Crippen molar-refractivity contribution in [1.82, 2.24) is 15.3 Å². The number of carbonyl (C=O) groups is 2. The number of hydrogen-bond donors (Lipinski definition) is 3. The van der Waals surface area contributed by atoms with Crippen molar-refractivity contribution in [3.05, 3.63) is 46.7 Å². The summed E-state index contributed by atoms with van der Waals surface area (Å²) in [5.74, 6) is 0.0648. The molecule has 2 heterocycles. The molecule has 8 nitrogen and oxygen atoms in total. The maximum Gasteiger partial charge on any atom is 0.251 e. The van der Waals surface area contributed by atoms with Gasteiger partial charge in [0.05, 0.1) is 29.6 Å². The number of nitrogens with one attached hydrogen (secondary N) is 2. The number of anilines is 2.